The summed E-state index contributed by atoms with van der Waals surface area (Å²) in [4.78, 5) is 12.0. The zero-order valence-corrected chi connectivity index (χ0v) is 15.1. The minimum absolute atomic E-state index is 0.0398. The minimum Gasteiger partial charge on any atom is -0.326 e. The molecule has 0 aliphatic rings. The fourth-order valence-corrected chi connectivity index (χ4v) is 3.01. The van der Waals surface area contributed by atoms with Crippen molar-refractivity contribution in [3.63, 3.8) is 0 Å². The van der Waals surface area contributed by atoms with E-state index in [0.29, 0.717) is 0 Å². The highest BCUT2D eigenvalue weighted by atomic mass is 32.2. The molecule has 0 saturated heterocycles. The van der Waals surface area contributed by atoms with Crippen molar-refractivity contribution in [3.05, 3.63) is 70.6 Å². The van der Waals surface area contributed by atoms with Crippen LogP contribution in [0.3, 0.4) is 0 Å². The maximum atomic E-state index is 12.0. The average Bonchev–Trinajstić information content (AvgIpc) is 2.58. The van der Waals surface area contributed by atoms with Gasteiger partial charge in [0.15, 0.2) is 0 Å². The van der Waals surface area contributed by atoms with Gasteiger partial charge in [-0.2, -0.15) is 0 Å². The summed E-state index contributed by atoms with van der Waals surface area (Å²) in [5.74, 6) is -0.233. The largest absolute Gasteiger partial charge is 0.326 e. The third kappa shape index (κ3) is 6.17. The van der Waals surface area contributed by atoms with Gasteiger partial charge in [0, 0.05) is 24.1 Å². The average molecular weight is 358 g/mol. The third-order valence-electron chi connectivity index (χ3n) is 3.77. The number of carbonyl (C=O) groups is 1. The van der Waals surface area contributed by atoms with Gasteiger partial charge < -0.3 is 5.32 Å². The molecule has 0 bridgehead atoms. The van der Waals surface area contributed by atoms with Crippen LogP contribution in [-0.4, -0.2) is 20.9 Å². The Balaban J connectivity index is 1.84. The molecule has 0 heterocycles. The van der Waals surface area contributed by atoms with E-state index in [1.54, 1.807) is 0 Å². The number of amides is 1. The van der Waals surface area contributed by atoms with Gasteiger partial charge in [-0.3, -0.25) is 4.79 Å². The molecule has 2 aromatic rings. The molecule has 5 nitrogen and oxygen atoms in total. The first kappa shape index (κ1) is 18.9. The van der Waals surface area contributed by atoms with Gasteiger partial charge in [0.25, 0.3) is 0 Å². The van der Waals surface area contributed by atoms with Crippen LogP contribution in [-0.2, 0) is 14.8 Å². The molecule has 0 fully saturated rings. The van der Waals surface area contributed by atoms with Crippen molar-refractivity contribution in [2.75, 3.05) is 11.9 Å². The summed E-state index contributed by atoms with van der Waals surface area (Å²) < 4.78 is 26.2. The number of sulfonamides is 1. The van der Waals surface area contributed by atoms with E-state index < -0.39 is 10.0 Å². The zero-order chi connectivity index (χ0) is 18.3. The summed E-state index contributed by atoms with van der Waals surface area (Å²) >= 11 is 0. The van der Waals surface area contributed by atoms with Crippen LogP contribution in [0.15, 0.2) is 53.9 Å². The van der Waals surface area contributed by atoms with E-state index in [1.807, 2.05) is 62.4 Å². The number of aryl methyl sites for hydroxylation is 1. The van der Waals surface area contributed by atoms with Crippen LogP contribution in [0.2, 0.25) is 0 Å². The van der Waals surface area contributed by atoms with Gasteiger partial charge in [-0.25, -0.2) is 13.1 Å². The molecule has 0 aliphatic carbocycles. The molecule has 132 valence electrons. The van der Waals surface area contributed by atoms with E-state index >= 15 is 0 Å². The van der Waals surface area contributed by atoms with Crippen molar-refractivity contribution in [1.29, 1.82) is 0 Å². The molecule has 2 N–H and O–H groups in total. The maximum absolute atomic E-state index is 12.0. The molecule has 0 spiro atoms. The first-order chi connectivity index (χ1) is 11.9. The number of benzene rings is 2. The number of hydrogen-bond acceptors (Lipinski definition) is 3. The fraction of sp³-hybridized carbons (Fsp3) is 0.211. The summed E-state index contributed by atoms with van der Waals surface area (Å²) in [6.07, 6.45) is 1.57. The fourth-order valence-electron chi connectivity index (χ4n) is 2.19. The molecule has 25 heavy (non-hydrogen) atoms. The van der Waals surface area contributed by atoms with Gasteiger partial charge in [-0.15, -0.1) is 0 Å². The lowest BCUT2D eigenvalue weighted by molar-refractivity contribution is -0.116. The number of rotatable bonds is 7. The van der Waals surface area contributed by atoms with Crippen LogP contribution in [0.1, 0.15) is 23.1 Å². The maximum Gasteiger partial charge on any atom is 0.233 e. The van der Waals surface area contributed by atoms with Crippen LogP contribution in [0.25, 0.3) is 6.08 Å². The van der Waals surface area contributed by atoms with E-state index in [1.165, 1.54) is 6.08 Å². The van der Waals surface area contributed by atoms with E-state index in [4.69, 9.17) is 0 Å². The standard InChI is InChI=1S/C19H22N2O3S/c1-15-7-6-10-18(16(15)2)21-19(22)11-13-20-25(23,24)14-12-17-8-4-3-5-9-17/h3-10,12,14,20H,11,13H2,1-2H3,(H,21,22)/b14-12+. The van der Waals surface area contributed by atoms with Crippen LogP contribution in [0.4, 0.5) is 5.69 Å². The van der Waals surface area contributed by atoms with Crippen LogP contribution < -0.4 is 10.0 Å². The molecule has 0 atom stereocenters. The lowest BCUT2D eigenvalue weighted by atomic mass is 10.1. The van der Waals surface area contributed by atoms with Crippen LogP contribution in [0.5, 0.6) is 0 Å². The summed E-state index contributed by atoms with van der Waals surface area (Å²) in [6.45, 7) is 3.94. The SMILES string of the molecule is Cc1cccc(NC(=O)CCNS(=O)(=O)/C=C/c2ccccc2)c1C. The number of nitrogens with one attached hydrogen (secondary N) is 2. The van der Waals surface area contributed by atoms with Crippen molar-refractivity contribution in [3.8, 4) is 0 Å². The highest BCUT2D eigenvalue weighted by Gasteiger charge is 2.09. The van der Waals surface area contributed by atoms with E-state index in [0.717, 1.165) is 27.8 Å². The Kier molecular flexibility index (Phi) is 6.50. The second-order valence-electron chi connectivity index (χ2n) is 5.70. The molecule has 0 saturated carbocycles. The first-order valence-corrected chi connectivity index (χ1v) is 9.51. The zero-order valence-electron chi connectivity index (χ0n) is 14.3. The third-order valence-corrected chi connectivity index (χ3v) is 4.87. The van der Waals surface area contributed by atoms with E-state index in [2.05, 4.69) is 10.0 Å². The van der Waals surface area contributed by atoms with Gasteiger partial charge in [0.2, 0.25) is 15.9 Å². The Morgan fingerprint density at radius 2 is 1.76 bits per heavy atom. The Hall–Kier alpha value is -2.44. The Labute approximate surface area is 148 Å². The molecule has 6 heteroatoms. The number of hydrogen-bond donors (Lipinski definition) is 2. The molecule has 0 aromatic heterocycles. The van der Waals surface area contributed by atoms with Crippen LogP contribution >= 0.6 is 0 Å². The Morgan fingerprint density at radius 1 is 1.04 bits per heavy atom. The predicted molar refractivity (Wildman–Crippen MR) is 102 cm³/mol. The topological polar surface area (TPSA) is 75.3 Å². The molecule has 0 aliphatic heterocycles. The van der Waals surface area contributed by atoms with Crippen LogP contribution in [0, 0.1) is 13.8 Å². The molecule has 0 radical (unpaired) electrons. The summed E-state index contributed by atoms with van der Waals surface area (Å²) in [5.41, 5.74) is 3.63. The van der Waals surface area contributed by atoms with E-state index in [9.17, 15) is 13.2 Å². The lowest BCUT2D eigenvalue weighted by Gasteiger charge is -2.10. The molecular formula is C19H22N2O3S. The van der Waals surface area contributed by atoms with Gasteiger partial charge in [0.1, 0.15) is 0 Å². The van der Waals surface area contributed by atoms with Gasteiger partial charge in [-0.1, -0.05) is 42.5 Å². The van der Waals surface area contributed by atoms with Crippen molar-refractivity contribution >= 4 is 27.7 Å². The molecule has 2 rings (SSSR count). The van der Waals surface area contributed by atoms with Gasteiger partial charge >= 0.3 is 0 Å². The quantitative estimate of drug-likeness (QED) is 0.798. The lowest BCUT2D eigenvalue weighted by Crippen LogP contribution is -2.26. The first-order valence-electron chi connectivity index (χ1n) is 7.96. The Bertz CT molecular complexity index is 859. The van der Waals surface area contributed by atoms with Crippen molar-refractivity contribution < 1.29 is 13.2 Å². The van der Waals surface area contributed by atoms with Gasteiger partial charge in [0.05, 0.1) is 0 Å². The Morgan fingerprint density at radius 3 is 2.48 bits per heavy atom. The molecule has 0 unspecified atom stereocenters. The second kappa shape index (κ2) is 8.60. The molecule has 1 amide bonds. The predicted octanol–water partition coefficient (Wildman–Crippen LogP) is 3.22. The highest BCUT2D eigenvalue weighted by Crippen LogP contribution is 2.17. The second-order valence-corrected chi connectivity index (χ2v) is 7.35. The van der Waals surface area contributed by atoms with Gasteiger partial charge in [-0.05, 0) is 42.7 Å². The molecule has 2 aromatic carbocycles. The van der Waals surface area contributed by atoms with Crippen molar-refractivity contribution in [2.45, 2.75) is 20.3 Å². The summed E-state index contributed by atoms with van der Waals surface area (Å²) in [6, 6.07) is 14.8. The van der Waals surface area contributed by atoms with E-state index in [-0.39, 0.29) is 18.9 Å². The number of carbonyl (C=O) groups excluding carboxylic acids is 1. The molecular weight excluding hydrogens is 336 g/mol. The monoisotopic (exact) mass is 358 g/mol. The summed E-state index contributed by atoms with van der Waals surface area (Å²) in [5, 5.41) is 3.91. The highest BCUT2D eigenvalue weighted by molar-refractivity contribution is 7.92. The minimum atomic E-state index is -3.57. The van der Waals surface area contributed by atoms with Crippen molar-refractivity contribution in [2.24, 2.45) is 0 Å². The normalized spacial score (nSPS) is 11.6. The smallest absolute Gasteiger partial charge is 0.233 e. The summed E-state index contributed by atoms with van der Waals surface area (Å²) in [7, 11) is -3.57. The van der Waals surface area contributed by atoms with Crippen molar-refractivity contribution in [1.82, 2.24) is 4.72 Å². The number of anilines is 1.